The van der Waals surface area contributed by atoms with Crippen molar-refractivity contribution in [3.05, 3.63) is 59.9 Å². The van der Waals surface area contributed by atoms with E-state index in [0.29, 0.717) is 35.3 Å². The average Bonchev–Trinajstić information content (AvgIpc) is 2.88. The molecule has 1 fully saturated rings. The lowest BCUT2D eigenvalue weighted by atomic mass is 9.97. The van der Waals surface area contributed by atoms with Crippen LogP contribution in [-0.4, -0.2) is 47.3 Å². The molecule has 4 rings (SSSR count). The molecule has 0 amide bonds. The van der Waals surface area contributed by atoms with Crippen molar-refractivity contribution in [1.82, 2.24) is 14.7 Å². The van der Waals surface area contributed by atoms with Gasteiger partial charge in [-0.3, -0.25) is 4.21 Å². The lowest BCUT2D eigenvalue weighted by Gasteiger charge is -2.31. The van der Waals surface area contributed by atoms with Crippen molar-refractivity contribution in [2.24, 2.45) is 0 Å². The minimum absolute atomic E-state index is 0.00242. The predicted octanol–water partition coefficient (Wildman–Crippen LogP) is 4.11. The number of hydrogen-bond acceptors (Lipinski definition) is 7. The minimum atomic E-state index is -4.80. The first-order valence-corrected chi connectivity index (χ1v) is 14.2. The zero-order valence-electron chi connectivity index (χ0n) is 19.8. The Morgan fingerprint density at radius 1 is 0.973 bits per heavy atom. The summed E-state index contributed by atoms with van der Waals surface area (Å²) < 4.78 is 90.5. The number of rotatable bonds is 7. The molecule has 1 atom stereocenters. The van der Waals surface area contributed by atoms with Gasteiger partial charge in [0.1, 0.15) is 5.82 Å². The Hall–Kier alpha value is -2.87. The highest BCUT2D eigenvalue weighted by Gasteiger charge is 2.37. The van der Waals surface area contributed by atoms with Crippen LogP contribution in [0.5, 0.6) is 0 Å². The fraction of sp³-hybridized carbons (Fsp3) is 0.333. The Balaban J connectivity index is 1.96. The van der Waals surface area contributed by atoms with E-state index in [4.69, 9.17) is 0 Å². The highest BCUT2D eigenvalue weighted by atomic mass is 32.2. The lowest BCUT2D eigenvalue weighted by molar-refractivity contribution is -0.144. The molecule has 1 aliphatic heterocycles. The van der Waals surface area contributed by atoms with Gasteiger partial charge in [-0.2, -0.15) is 13.2 Å². The van der Waals surface area contributed by atoms with Gasteiger partial charge in [-0.25, -0.2) is 23.1 Å². The summed E-state index contributed by atoms with van der Waals surface area (Å²) in [5, 5.41) is 0. The van der Waals surface area contributed by atoms with Gasteiger partial charge in [-0.05, 0) is 49.6 Å². The smallest absolute Gasteiger partial charge is 0.451 e. The largest absolute Gasteiger partial charge is 0.772 e. The third-order valence-electron chi connectivity index (χ3n) is 6.03. The first-order chi connectivity index (χ1) is 17.5. The molecule has 1 unspecified atom stereocenters. The number of halogens is 3. The van der Waals surface area contributed by atoms with Crippen molar-refractivity contribution >= 4 is 26.9 Å². The molecule has 2 heterocycles. The molecule has 13 heteroatoms. The third-order valence-corrected chi connectivity index (χ3v) is 8.03. The maximum atomic E-state index is 13.9. The van der Waals surface area contributed by atoms with Crippen LogP contribution in [0.4, 0.5) is 19.0 Å². The molecule has 0 saturated carbocycles. The van der Waals surface area contributed by atoms with Gasteiger partial charge in [-0.15, -0.1) is 0 Å². The van der Waals surface area contributed by atoms with Crippen LogP contribution in [0.1, 0.15) is 30.7 Å². The Morgan fingerprint density at radius 2 is 1.57 bits per heavy atom. The van der Waals surface area contributed by atoms with Crippen LogP contribution in [0.3, 0.4) is 0 Å². The minimum Gasteiger partial charge on any atom is -0.772 e. The van der Waals surface area contributed by atoms with Gasteiger partial charge in [-0.1, -0.05) is 47.5 Å². The molecular weight excluding hydrogens is 529 g/mol. The molecule has 0 bridgehead atoms. The normalized spacial score (nSPS) is 15.5. The van der Waals surface area contributed by atoms with Crippen LogP contribution < -0.4 is 9.62 Å². The maximum Gasteiger partial charge on any atom is 0.451 e. The summed E-state index contributed by atoms with van der Waals surface area (Å²) in [7, 11) is -2.44. The molecule has 0 spiro atoms. The Morgan fingerprint density at radius 3 is 2.11 bits per heavy atom. The van der Waals surface area contributed by atoms with Gasteiger partial charge >= 0.3 is 6.18 Å². The first-order valence-electron chi connectivity index (χ1n) is 11.4. The van der Waals surface area contributed by atoms with E-state index in [-0.39, 0.29) is 22.2 Å². The second-order valence-electron chi connectivity index (χ2n) is 8.52. The summed E-state index contributed by atoms with van der Waals surface area (Å²) in [6.45, 7) is 1.03. The summed E-state index contributed by atoms with van der Waals surface area (Å²) in [5.74, 6) is -1.40. The summed E-state index contributed by atoms with van der Waals surface area (Å²) in [5.41, 5.74) is 1.62. The number of hydrogen-bond donors (Lipinski definition) is 1. The third kappa shape index (κ3) is 6.17. The number of piperidine rings is 1. The fourth-order valence-electron chi connectivity index (χ4n) is 4.20. The van der Waals surface area contributed by atoms with Crippen molar-refractivity contribution in [2.75, 3.05) is 25.0 Å². The maximum absolute atomic E-state index is 13.9. The van der Waals surface area contributed by atoms with Crippen molar-refractivity contribution in [2.45, 2.75) is 36.1 Å². The van der Waals surface area contributed by atoms with Gasteiger partial charge in [0, 0.05) is 24.4 Å². The van der Waals surface area contributed by atoms with E-state index in [1.807, 2.05) is 0 Å². The van der Waals surface area contributed by atoms with E-state index in [9.17, 15) is 30.4 Å². The van der Waals surface area contributed by atoms with Gasteiger partial charge in [0.2, 0.25) is 15.8 Å². The number of nitrogens with one attached hydrogen (secondary N) is 1. The molecule has 0 aliphatic carbocycles. The van der Waals surface area contributed by atoms with E-state index in [1.54, 1.807) is 4.90 Å². The van der Waals surface area contributed by atoms with Crippen LogP contribution in [0.2, 0.25) is 0 Å². The SMILES string of the molecule is CNS(=O)(=O)c1ccc(-c2c(-c3ccc(CS(=O)[O-])cc3)nc(C(F)(F)F)nc2N2CCCCC2)cc1. The number of anilines is 1. The van der Waals surface area contributed by atoms with Gasteiger partial charge in [0.05, 0.1) is 16.2 Å². The summed E-state index contributed by atoms with van der Waals surface area (Å²) in [4.78, 5) is 9.66. The molecule has 3 aromatic rings. The molecule has 37 heavy (non-hydrogen) atoms. The number of sulfonamides is 1. The van der Waals surface area contributed by atoms with Crippen LogP contribution in [0.15, 0.2) is 53.4 Å². The summed E-state index contributed by atoms with van der Waals surface area (Å²) >= 11 is -2.32. The lowest BCUT2D eigenvalue weighted by Crippen LogP contribution is -2.32. The Labute approximate surface area is 215 Å². The zero-order chi connectivity index (χ0) is 26.8. The predicted molar refractivity (Wildman–Crippen MR) is 133 cm³/mol. The highest BCUT2D eigenvalue weighted by molar-refractivity contribution is 7.89. The molecule has 1 saturated heterocycles. The van der Waals surface area contributed by atoms with E-state index in [2.05, 4.69) is 14.7 Å². The molecule has 1 N–H and O–H groups in total. The van der Waals surface area contributed by atoms with Crippen LogP contribution in [0.25, 0.3) is 22.4 Å². The van der Waals surface area contributed by atoms with Crippen molar-refractivity contribution < 1.29 is 30.4 Å². The van der Waals surface area contributed by atoms with Gasteiger partial charge < -0.3 is 9.45 Å². The molecule has 8 nitrogen and oxygen atoms in total. The monoisotopic (exact) mass is 553 g/mol. The van der Waals surface area contributed by atoms with Crippen LogP contribution >= 0.6 is 0 Å². The number of aromatic nitrogens is 2. The number of alkyl halides is 3. The topological polar surface area (TPSA) is 115 Å². The van der Waals surface area contributed by atoms with E-state index in [1.165, 1.54) is 55.6 Å². The summed E-state index contributed by atoms with van der Waals surface area (Å²) in [6.07, 6.45) is -2.27. The van der Waals surface area contributed by atoms with Crippen LogP contribution in [0, 0.1) is 0 Å². The molecule has 2 aromatic carbocycles. The van der Waals surface area contributed by atoms with Gasteiger partial charge in [0.15, 0.2) is 0 Å². The van der Waals surface area contributed by atoms with E-state index >= 15 is 0 Å². The average molecular weight is 554 g/mol. The standard InChI is InChI=1S/C24H25F3N4O4S2/c1-28-37(34,35)19-11-9-17(10-12-19)20-21(18-7-5-16(6-8-18)15-36(32)33)29-23(24(25,26)27)30-22(20)31-13-3-2-4-14-31/h5-12,28H,2-4,13-15H2,1H3,(H,32,33)/p-1. The molecule has 0 radical (unpaired) electrons. The second kappa shape index (κ2) is 10.9. The molecule has 1 aromatic heterocycles. The van der Waals surface area contributed by atoms with Crippen molar-refractivity contribution in [3.63, 3.8) is 0 Å². The first kappa shape index (κ1) is 27.2. The highest BCUT2D eigenvalue weighted by Crippen LogP contribution is 2.41. The van der Waals surface area contributed by atoms with E-state index < -0.39 is 33.1 Å². The number of benzene rings is 2. The molecule has 198 valence electrons. The summed E-state index contributed by atoms with van der Waals surface area (Å²) in [6, 6.07) is 11.9. The number of nitrogens with zero attached hydrogens (tertiary/aromatic N) is 3. The van der Waals surface area contributed by atoms with E-state index in [0.717, 1.165) is 19.3 Å². The quantitative estimate of drug-likeness (QED) is 0.438. The van der Waals surface area contributed by atoms with Crippen LogP contribution in [-0.2, 0) is 33.0 Å². The molecular formula is C24H24F3N4O4S2-. The second-order valence-corrected chi connectivity index (χ2v) is 11.3. The zero-order valence-corrected chi connectivity index (χ0v) is 21.4. The van der Waals surface area contributed by atoms with Crippen molar-refractivity contribution in [3.8, 4) is 22.4 Å². The fourth-order valence-corrected chi connectivity index (χ4v) is 5.39. The molecule has 1 aliphatic rings. The van der Waals surface area contributed by atoms with Crippen molar-refractivity contribution in [1.29, 1.82) is 0 Å². The Kier molecular flexibility index (Phi) is 7.97. The Bertz CT molecular complexity index is 1390. The van der Waals surface area contributed by atoms with Gasteiger partial charge in [0.25, 0.3) is 0 Å².